The maximum Gasteiger partial charge on any atom is 0.325 e. The molecule has 2 aromatic rings. The van der Waals surface area contributed by atoms with Gasteiger partial charge in [-0.25, -0.2) is 8.42 Å². The molecule has 8 heteroatoms. The van der Waals surface area contributed by atoms with E-state index in [1.54, 1.807) is 0 Å². The van der Waals surface area contributed by atoms with Crippen LogP contribution < -0.4 is 0 Å². The highest BCUT2D eigenvalue weighted by atomic mass is 79.9. The molecule has 0 unspecified atom stereocenters. The highest BCUT2D eigenvalue weighted by Crippen LogP contribution is 2.22. The number of hydrogen-bond acceptors (Lipinski definition) is 4. The minimum atomic E-state index is -3.95. The molecule has 0 heterocycles. The molecule has 27 heavy (non-hydrogen) atoms. The summed E-state index contributed by atoms with van der Waals surface area (Å²) >= 11 is 9.06. The minimum Gasteiger partial charge on any atom is -0.460 e. The highest BCUT2D eigenvalue weighted by Gasteiger charge is 2.35. The Kier molecular flexibility index (Phi) is 8.04. The molecule has 2 rings (SSSR count). The number of carbonyl (C=O) groups excluding carboxylic acids is 1. The smallest absolute Gasteiger partial charge is 0.325 e. The van der Waals surface area contributed by atoms with Crippen LogP contribution in [0, 0.1) is 0 Å². The summed E-state index contributed by atoms with van der Waals surface area (Å²) < 4.78 is 32.4. The van der Waals surface area contributed by atoms with E-state index in [1.165, 1.54) is 30.3 Å². The summed E-state index contributed by atoms with van der Waals surface area (Å²) in [4.78, 5) is 12.6. The van der Waals surface area contributed by atoms with E-state index in [4.69, 9.17) is 16.3 Å². The highest BCUT2D eigenvalue weighted by molar-refractivity contribution is 9.09. The summed E-state index contributed by atoms with van der Waals surface area (Å²) in [7, 11) is -3.95. The lowest BCUT2D eigenvalue weighted by Gasteiger charge is -2.27. The predicted molar refractivity (Wildman–Crippen MR) is 109 cm³/mol. The largest absolute Gasteiger partial charge is 0.460 e. The molecule has 0 aliphatic carbocycles. The minimum absolute atomic E-state index is 0.0376. The van der Waals surface area contributed by atoms with Gasteiger partial charge >= 0.3 is 5.97 Å². The summed E-state index contributed by atoms with van der Waals surface area (Å²) in [6.45, 7) is 3.62. The first-order chi connectivity index (χ1) is 12.9. The molecule has 0 N–H and O–H groups in total. The van der Waals surface area contributed by atoms with Gasteiger partial charge in [0.1, 0.15) is 12.6 Å². The van der Waals surface area contributed by atoms with Gasteiger partial charge in [0, 0.05) is 16.9 Å². The second kappa shape index (κ2) is 10.0. The van der Waals surface area contributed by atoms with Crippen LogP contribution in [0.1, 0.15) is 5.56 Å². The molecule has 0 aliphatic heterocycles. The number of carbonyl (C=O) groups is 1. The zero-order chi connectivity index (χ0) is 19.9. The van der Waals surface area contributed by atoms with E-state index in [1.807, 2.05) is 30.3 Å². The van der Waals surface area contributed by atoms with E-state index >= 15 is 0 Å². The number of benzene rings is 2. The molecule has 144 valence electrons. The van der Waals surface area contributed by atoms with Crippen molar-refractivity contribution in [2.75, 3.05) is 11.9 Å². The van der Waals surface area contributed by atoms with Crippen LogP contribution in [0.25, 0.3) is 0 Å². The van der Waals surface area contributed by atoms with Crippen molar-refractivity contribution in [1.29, 1.82) is 0 Å². The number of nitrogens with zero attached hydrogens (tertiary/aromatic N) is 1. The van der Waals surface area contributed by atoms with Gasteiger partial charge in [-0.2, -0.15) is 4.31 Å². The molecule has 0 bridgehead atoms. The van der Waals surface area contributed by atoms with Crippen molar-refractivity contribution in [3.05, 3.63) is 77.8 Å². The number of ether oxygens (including phenoxy) is 1. The Bertz CT molecular complexity index is 872. The molecule has 2 aromatic carbocycles. The van der Waals surface area contributed by atoms with E-state index in [9.17, 15) is 13.2 Å². The molecule has 1 atom stereocenters. The number of rotatable bonds is 9. The van der Waals surface area contributed by atoms with E-state index in [0.717, 1.165) is 9.87 Å². The van der Waals surface area contributed by atoms with Crippen LogP contribution in [0.4, 0.5) is 0 Å². The van der Waals surface area contributed by atoms with Crippen molar-refractivity contribution in [2.45, 2.75) is 17.5 Å². The van der Waals surface area contributed by atoms with E-state index < -0.39 is 22.0 Å². The molecule has 0 radical (unpaired) electrons. The first kappa shape index (κ1) is 21.6. The third-order valence-corrected chi connectivity index (χ3v) is 6.47. The Labute approximate surface area is 172 Å². The second-order valence-electron chi connectivity index (χ2n) is 5.58. The Morgan fingerprint density at radius 2 is 1.81 bits per heavy atom. The molecule has 0 spiro atoms. The first-order valence-electron chi connectivity index (χ1n) is 8.05. The molecular formula is C19H19BrClNO4S. The Morgan fingerprint density at radius 1 is 1.19 bits per heavy atom. The monoisotopic (exact) mass is 471 g/mol. The van der Waals surface area contributed by atoms with Gasteiger partial charge in [-0.1, -0.05) is 63.9 Å². The molecule has 0 aliphatic rings. The number of halogens is 2. The van der Waals surface area contributed by atoms with E-state index in [0.29, 0.717) is 5.02 Å². The van der Waals surface area contributed by atoms with Crippen molar-refractivity contribution in [2.24, 2.45) is 0 Å². The van der Waals surface area contributed by atoms with E-state index in [-0.39, 0.29) is 23.4 Å². The van der Waals surface area contributed by atoms with Gasteiger partial charge < -0.3 is 4.74 Å². The summed E-state index contributed by atoms with van der Waals surface area (Å²) in [6.07, 6.45) is 1.42. The molecule has 0 fully saturated rings. The predicted octanol–water partition coefficient (Wildman–Crippen LogP) is 4.02. The summed E-state index contributed by atoms with van der Waals surface area (Å²) in [5.41, 5.74) is 0.815. The maximum atomic E-state index is 13.0. The lowest BCUT2D eigenvalue weighted by atomic mass is 10.2. The van der Waals surface area contributed by atoms with Crippen LogP contribution in [0.5, 0.6) is 0 Å². The van der Waals surface area contributed by atoms with E-state index in [2.05, 4.69) is 22.5 Å². The van der Waals surface area contributed by atoms with Crippen molar-refractivity contribution in [3.63, 3.8) is 0 Å². The fraction of sp³-hybridized carbons (Fsp3) is 0.211. The summed E-state index contributed by atoms with van der Waals surface area (Å²) in [5.74, 6) is -0.643. The van der Waals surface area contributed by atoms with Gasteiger partial charge in [0.2, 0.25) is 10.0 Å². The number of esters is 1. The topological polar surface area (TPSA) is 63.7 Å². The van der Waals surface area contributed by atoms with Gasteiger partial charge in [-0.05, 0) is 29.8 Å². The molecule has 5 nitrogen and oxygen atoms in total. The molecule has 0 aromatic heterocycles. The summed E-state index contributed by atoms with van der Waals surface area (Å²) in [6, 6.07) is 13.9. The average Bonchev–Trinajstić information content (AvgIpc) is 2.67. The summed E-state index contributed by atoms with van der Waals surface area (Å²) in [5, 5.41) is 0.505. The van der Waals surface area contributed by atoms with Crippen LogP contribution >= 0.6 is 27.5 Å². The second-order valence-corrected chi connectivity index (χ2v) is 8.56. The number of alkyl halides is 1. The SMILES string of the molecule is C=CCN([C@@H](CBr)C(=O)OCc1ccccc1)S(=O)(=O)c1ccc(Cl)cc1. The molecule has 0 amide bonds. The zero-order valence-electron chi connectivity index (χ0n) is 14.4. The Balaban J connectivity index is 2.24. The van der Waals surface area contributed by atoms with Gasteiger partial charge in [0.25, 0.3) is 0 Å². The normalized spacial score (nSPS) is 12.6. The van der Waals surface area contributed by atoms with Crippen molar-refractivity contribution < 1.29 is 17.9 Å². The van der Waals surface area contributed by atoms with Crippen molar-refractivity contribution >= 4 is 43.5 Å². The fourth-order valence-electron chi connectivity index (χ4n) is 2.34. The third-order valence-electron chi connectivity index (χ3n) is 3.72. The van der Waals surface area contributed by atoms with Gasteiger partial charge in [0.05, 0.1) is 4.90 Å². The third kappa shape index (κ3) is 5.65. The maximum absolute atomic E-state index is 13.0. The average molecular weight is 473 g/mol. The lowest BCUT2D eigenvalue weighted by Crippen LogP contribution is -2.46. The quantitative estimate of drug-likeness (QED) is 0.314. The number of sulfonamides is 1. The van der Waals surface area contributed by atoms with Crippen molar-refractivity contribution in [3.8, 4) is 0 Å². The molecular weight excluding hydrogens is 454 g/mol. The van der Waals surface area contributed by atoms with Crippen LogP contribution in [-0.4, -0.2) is 36.6 Å². The van der Waals surface area contributed by atoms with Crippen LogP contribution in [0.2, 0.25) is 5.02 Å². The van der Waals surface area contributed by atoms with Gasteiger partial charge in [-0.3, -0.25) is 4.79 Å². The van der Waals surface area contributed by atoms with Crippen LogP contribution in [0.3, 0.4) is 0 Å². The Morgan fingerprint density at radius 3 is 2.37 bits per heavy atom. The van der Waals surface area contributed by atoms with Crippen LogP contribution in [-0.2, 0) is 26.2 Å². The number of hydrogen-bond donors (Lipinski definition) is 0. The molecule has 0 saturated carbocycles. The zero-order valence-corrected chi connectivity index (χ0v) is 17.6. The standard InChI is InChI=1S/C19H19BrClNO4S/c1-2-12-22(27(24,25)17-10-8-16(21)9-11-17)18(13-20)19(23)26-14-15-6-4-3-5-7-15/h2-11,18H,1,12-14H2/t18-/m0/s1. The van der Waals surface area contributed by atoms with Crippen LogP contribution in [0.15, 0.2) is 72.1 Å². The van der Waals surface area contributed by atoms with Crippen molar-refractivity contribution in [1.82, 2.24) is 4.31 Å². The first-order valence-corrected chi connectivity index (χ1v) is 11.0. The lowest BCUT2D eigenvalue weighted by molar-refractivity contribution is -0.148. The molecule has 0 saturated heterocycles. The Hall–Kier alpha value is -1.67. The van der Waals surface area contributed by atoms with Gasteiger partial charge in [-0.15, -0.1) is 6.58 Å². The van der Waals surface area contributed by atoms with Gasteiger partial charge in [0.15, 0.2) is 0 Å². The fourth-order valence-corrected chi connectivity index (χ4v) is 4.82.